The Labute approximate surface area is 216 Å². The van der Waals surface area contributed by atoms with E-state index in [9.17, 15) is 0 Å². The molecule has 1 N–H and O–H groups in total. The Hall–Kier alpha value is -3.84. The molecular weight excluding hydrogens is 470 g/mol. The first-order valence-corrected chi connectivity index (χ1v) is 12.5. The summed E-state index contributed by atoms with van der Waals surface area (Å²) in [6, 6.07) is 25.4. The molecule has 184 valence electrons. The predicted molar refractivity (Wildman–Crippen MR) is 145 cm³/mol. The molecule has 1 aliphatic rings. The molecule has 36 heavy (non-hydrogen) atoms. The van der Waals surface area contributed by atoms with Crippen LogP contribution < -0.4 is 19.7 Å². The zero-order valence-electron chi connectivity index (χ0n) is 20.5. The van der Waals surface area contributed by atoms with Gasteiger partial charge in [-0.15, -0.1) is 0 Å². The van der Waals surface area contributed by atoms with Crippen molar-refractivity contribution in [3.8, 4) is 22.8 Å². The lowest BCUT2D eigenvalue weighted by molar-refractivity contribution is 0.242. The minimum atomic E-state index is -0.222. The Balaban J connectivity index is 1.51. The van der Waals surface area contributed by atoms with E-state index in [1.54, 1.807) is 6.20 Å². The number of anilines is 1. The highest BCUT2D eigenvalue weighted by Crippen LogP contribution is 2.43. The van der Waals surface area contributed by atoms with Gasteiger partial charge in [0, 0.05) is 17.4 Å². The highest BCUT2D eigenvalue weighted by atomic mass is 32.1. The molecule has 0 amide bonds. The normalized spacial score (nSPS) is 17.3. The fourth-order valence-corrected chi connectivity index (χ4v) is 4.77. The number of benzene rings is 2. The van der Waals surface area contributed by atoms with E-state index in [1.165, 1.54) is 0 Å². The summed E-state index contributed by atoms with van der Waals surface area (Å²) in [5, 5.41) is 4.09. The van der Waals surface area contributed by atoms with Gasteiger partial charge in [0.1, 0.15) is 29.1 Å². The maximum atomic E-state index is 6.45. The van der Waals surface area contributed by atoms with Gasteiger partial charge in [-0.2, -0.15) is 0 Å². The van der Waals surface area contributed by atoms with Crippen LogP contribution in [0.3, 0.4) is 0 Å². The van der Waals surface area contributed by atoms with Crippen molar-refractivity contribution in [2.75, 3.05) is 11.5 Å². The van der Waals surface area contributed by atoms with E-state index in [-0.39, 0.29) is 18.2 Å². The van der Waals surface area contributed by atoms with Crippen LogP contribution in [-0.4, -0.2) is 22.8 Å². The van der Waals surface area contributed by atoms with Gasteiger partial charge < -0.3 is 24.1 Å². The van der Waals surface area contributed by atoms with Gasteiger partial charge in [0.2, 0.25) is 0 Å². The molecule has 2 aromatic heterocycles. The Morgan fingerprint density at radius 2 is 1.72 bits per heavy atom. The van der Waals surface area contributed by atoms with Crippen LogP contribution in [-0.2, 0) is 0 Å². The Morgan fingerprint density at radius 3 is 2.39 bits per heavy atom. The van der Waals surface area contributed by atoms with Gasteiger partial charge in [-0.25, -0.2) is 0 Å². The number of hydrogen-bond donors (Lipinski definition) is 1. The second-order valence-corrected chi connectivity index (χ2v) is 9.20. The molecule has 5 rings (SSSR count). The van der Waals surface area contributed by atoms with Crippen molar-refractivity contribution in [1.82, 2.24) is 10.3 Å². The largest absolute Gasteiger partial charge is 0.494 e. The number of furan rings is 1. The molecule has 7 heteroatoms. The van der Waals surface area contributed by atoms with Gasteiger partial charge in [0.25, 0.3) is 0 Å². The monoisotopic (exact) mass is 499 g/mol. The number of nitrogens with one attached hydrogen (secondary N) is 1. The van der Waals surface area contributed by atoms with Gasteiger partial charge in [0.15, 0.2) is 5.11 Å². The number of hydrogen-bond acceptors (Lipinski definition) is 5. The summed E-state index contributed by atoms with van der Waals surface area (Å²) >= 11 is 5.82. The molecule has 0 saturated carbocycles. The van der Waals surface area contributed by atoms with Crippen LogP contribution in [0.5, 0.6) is 11.5 Å². The first-order chi connectivity index (χ1) is 17.5. The third kappa shape index (κ3) is 4.93. The molecule has 1 fully saturated rings. The van der Waals surface area contributed by atoms with E-state index in [0.29, 0.717) is 11.7 Å². The van der Waals surface area contributed by atoms with Crippen molar-refractivity contribution < 1.29 is 13.9 Å². The first-order valence-electron chi connectivity index (χ1n) is 12.1. The van der Waals surface area contributed by atoms with Gasteiger partial charge in [-0.1, -0.05) is 6.07 Å². The zero-order valence-corrected chi connectivity index (χ0v) is 21.4. The molecule has 2 aromatic carbocycles. The van der Waals surface area contributed by atoms with E-state index < -0.39 is 0 Å². The van der Waals surface area contributed by atoms with Crippen molar-refractivity contribution in [2.45, 2.75) is 39.0 Å². The van der Waals surface area contributed by atoms with E-state index in [4.69, 9.17) is 26.1 Å². The highest BCUT2D eigenvalue weighted by Gasteiger charge is 2.42. The summed E-state index contributed by atoms with van der Waals surface area (Å²) in [5.41, 5.74) is 2.83. The molecule has 0 spiro atoms. The quantitative estimate of drug-likeness (QED) is 0.271. The molecule has 0 radical (unpaired) electrons. The molecule has 6 nitrogen and oxygen atoms in total. The fourth-order valence-electron chi connectivity index (χ4n) is 4.43. The van der Waals surface area contributed by atoms with Crippen LogP contribution in [0.2, 0.25) is 0 Å². The van der Waals surface area contributed by atoms with E-state index in [2.05, 4.69) is 15.2 Å². The number of pyridine rings is 1. The topological polar surface area (TPSA) is 59.8 Å². The van der Waals surface area contributed by atoms with Crippen LogP contribution >= 0.6 is 12.2 Å². The molecule has 2 unspecified atom stereocenters. The lowest BCUT2D eigenvalue weighted by Gasteiger charge is -2.26. The molecule has 1 aliphatic heterocycles. The predicted octanol–water partition coefficient (Wildman–Crippen LogP) is 6.70. The summed E-state index contributed by atoms with van der Waals surface area (Å²) in [4.78, 5) is 6.71. The van der Waals surface area contributed by atoms with Crippen LogP contribution in [0.4, 0.5) is 5.69 Å². The average Bonchev–Trinajstić information content (AvgIpc) is 3.50. The first kappa shape index (κ1) is 23.9. The summed E-state index contributed by atoms with van der Waals surface area (Å²) in [6.07, 6.45) is 1.90. The third-order valence-electron chi connectivity index (χ3n) is 5.95. The van der Waals surface area contributed by atoms with Crippen molar-refractivity contribution in [2.24, 2.45) is 0 Å². The standard InChI is InChI=1S/C29H29N3O3S/c1-4-33-22-12-8-20(9-13-22)25-16-17-26(35-25)28-27(24-7-5-6-18-30-24)31-29(36)32(28)21-10-14-23(15-11-21)34-19(2)3/h5-19,27-28H,4H2,1-3H3,(H,31,36). The number of rotatable bonds is 8. The average molecular weight is 500 g/mol. The molecule has 3 heterocycles. The molecule has 4 aromatic rings. The summed E-state index contributed by atoms with van der Waals surface area (Å²) in [7, 11) is 0. The Morgan fingerprint density at radius 1 is 0.972 bits per heavy atom. The summed E-state index contributed by atoms with van der Waals surface area (Å²) in [5.74, 6) is 3.24. The number of thiocarbonyl (C=S) groups is 1. The zero-order chi connectivity index (χ0) is 25.1. The lowest BCUT2D eigenvalue weighted by Crippen LogP contribution is -2.29. The fraction of sp³-hybridized carbons (Fsp3) is 0.241. The van der Waals surface area contributed by atoms with Crippen LogP contribution in [0.1, 0.15) is 44.3 Å². The molecule has 2 atom stereocenters. The van der Waals surface area contributed by atoms with Crippen molar-refractivity contribution in [3.63, 3.8) is 0 Å². The van der Waals surface area contributed by atoms with Crippen LogP contribution in [0.15, 0.2) is 89.5 Å². The summed E-state index contributed by atoms with van der Waals surface area (Å²) < 4.78 is 17.9. The second kappa shape index (κ2) is 10.4. The Bertz CT molecular complexity index is 1300. The second-order valence-electron chi connectivity index (χ2n) is 8.82. The van der Waals surface area contributed by atoms with Gasteiger partial charge >= 0.3 is 0 Å². The number of aromatic nitrogens is 1. The van der Waals surface area contributed by atoms with Crippen LogP contribution in [0.25, 0.3) is 11.3 Å². The maximum Gasteiger partial charge on any atom is 0.174 e. The van der Waals surface area contributed by atoms with Gasteiger partial charge in [-0.05, 0) is 106 Å². The van der Waals surface area contributed by atoms with Gasteiger partial charge in [0.05, 0.1) is 24.4 Å². The van der Waals surface area contributed by atoms with Crippen LogP contribution in [0, 0.1) is 0 Å². The lowest BCUT2D eigenvalue weighted by atomic mass is 10.0. The molecular formula is C29H29N3O3S. The van der Waals surface area contributed by atoms with Crippen molar-refractivity contribution in [1.29, 1.82) is 0 Å². The van der Waals surface area contributed by atoms with E-state index in [0.717, 1.165) is 40.0 Å². The number of ether oxygens (including phenoxy) is 2. The highest BCUT2D eigenvalue weighted by molar-refractivity contribution is 7.80. The minimum Gasteiger partial charge on any atom is -0.494 e. The van der Waals surface area contributed by atoms with E-state index >= 15 is 0 Å². The minimum absolute atomic E-state index is 0.107. The molecule has 0 bridgehead atoms. The van der Waals surface area contributed by atoms with E-state index in [1.807, 2.05) is 99.6 Å². The maximum absolute atomic E-state index is 6.45. The van der Waals surface area contributed by atoms with Gasteiger partial charge in [-0.3, -0.25) is 4.98 Å². The third-order valence-corrected chi connectivity index (χ3v) is 6.27. The van der Waals surface area contributed by atoms with Crippen molar-refractivity contribution in [3.05, 3.63) is 96.5 Å². The molecule has 0 aliphatic carbocycles. The van der Waals surface area contributed by atoms with Crippen molar-refractivity contribution >= 4 is 23.0 Å². The smallest absolute Gasteiger partial charge is 0.174 e. The Kier molecular flexibility index (Phi) is 6.91. The molecule has 1 saturated heterocycles. The summed E-state index contributed by atoms with van der Waals surface area (Å²) in [6.45, 7) is 6.63. The number of nitrogens with zero attached hydrogens (tertiary/aromatic N) is 2. The SMILES string of the molecule is CCOc1ccc(-c2ccc(C3C(c4ccccn4)NC(=S)N3c3ccc(OC(C)C)cc3)o2)cc1.